The zero-order valence-corrected chi connectivity index (χ0v) is 36.7. The molecule has 0 N–H and O–H groups in total. The van der Waals surface area contributed by atoms with Crippen LogP contribution in [0.4, 0.5) is 0 Å². The molecule has 0 unspecified atom stereocenters. The third-order valence-electron chi connectivity index (χ3n) is 8.93. The van der Waals surface area contributed by atoms with E-state index in [2.05, 4.69) is 177 Å². The first kappa shape index (κ1) is 42.2. The second-order valence-electron chi connectivity index (χ2n) is 15.0. The van der Waals surface area contributed by atoms with Crippen LogP contribution in [0, 0.1) is 0 Å². The Morgan fingerprint density at radius 2 is 1.10 bits per heavy atom. The van der Waals surface area contributed by atoms with Crippen LogP contribution in [0.1, 0.15) is 90.8 Å². The van der Waals surface area contributed by atoms with Crippen molar-refractivity contribution < 1.29 is 20.8 Å². The summed E-state index contributed by atoms with van der Waals surface area (Å²) in [5.41, 5.74) is 9.98. The van der Waals surface area contributed by atoms with Gasteiger partial charge in [0.05, 0.1) is 0 Å². The molecule has 0 atom stereocenters. The summed E-state index contributed by atoms with van der Waals surface area (Å²) in [6.45, 7) is 20.1. The van der Waals surface area contributed by atoms with Crippen LogP contribution >= 0.6 is 17.0 Å². The van der Waals surface area contributed by atoms with Crippen LogP contribution in [0.5, 0.6) is 0 Å². The number of aryl methyl sites for hydroxylation is 1. The molecule has 0 aliphatic heterocycles. The Hall–Kier alpha value is -2.22. The van der Waals surface area contributed by atoms with E-state index in [1.165, 1.54) is 92.6 Å². The number of hydrogen-bond acceptors (Lipinski definition) is 0. The van der Waals surface area contributed by atoms with E-state index >= 15 is 0 Å². The zero-order chi connectivity index (χ0) is 36.7. The molecule has 0 aromatic heterocycles. The van der Waals surface area contributed by atoms with Gasteiger partial charge in [0.15, 0.2) is 0 Å². The predicted molar refractivity (Wildman–Crippen MR) is 224 cm³/mol. The molecular formula is C46H56Cl2SiZr. The van der Waals surface area contributed by atoms with E-state index in [1.54, 1.807) is 0 Å². The van der Waals surface area contributed by atoms with E-state index in [0.29, 0.717) is 0 Å². The minimum absolute atomic E-state index is 0.205. The van der Waals surface area contributed by atoms with Gasteiger partial charge in [0, 0.05) is 9.52 Å². The molecule has 0 aliphatic carbocycles. The Labute approximate surface area is 325 Å². The molecular weight excluding hydrogens is 743 g/mol. The van der Waals surface area contributed by atoms with E-state index in [4.69, 9.17) is 17.0 Å². The maximum atomic E-state index is 4.93. The fraction of sp³-hybridized carbons (Fsp3) is 0.348. The van der Waals surface area contributed by atoms with Crippen molar-refractivity contribution in [1.29, 1.82) is 0 Å². The number of unbranched alkanes of at least 4 members (excludes halogenated alkanes) is 3. The van der Waals surface area contributed by atoms with Crippen molar-refractivity contribution in [2.75, 3.05) is 0 Å². The van der Waals surface area contributed by atoms with Crippen LogP contribution < -0.4 is 0 Å². The number of hydrogen-bond donors (Lipinski definition) is 0. The molecule has 0 fully saturated rings. The Kier molecular flexibility index (Phi) is 17.5. The van der Waals surface area contributed by atoms with Crippen molar-refractivity contribution in [3.63, 3.8) is 0 Å². The Morgan fingerprint density at radius 3 is 1.58 bits per heavy atom. The predicted octanol–water partition coefficient (Wildman–Crippen LogP) is 15.3. The Balaban J connectivity index is 0.000000240. The molecule has 0 saturated carbocycles. The first-order chi connectivity index (χ1) is 23.9. The molecule has 6 aromatic carbocycles. The van der Waals surface area contributed by atoms with Gasteiger partial charge in [-0.25, -0.2) is 0 Å². The van der Waals surface area contributed by atoms with Crippen molar-refractivity contribution in [2.45, 2.75) is 104 Å². The molecule has 0 bridgehead atoms. The number of benzene rings is 4. The second-order valence-corrected chi connectivity index (χ2v) is 19.8. The van der Waals surface area contributed by atoms with Gasteiger partial charge in [-0.05, 0) is 39.5 Å². The van der Waals surface area contributed by atoms with E-state index < -0.39 is 20.8 Å². The zero-order valence-electron chi connectivity index (χ0n) is 31.8. The summed E-state index contributed by atoms with van der Waals surface area (Å²) < 4.78 is 0. The van der Waals surface area contributed by atoms with E-state index in [-0.39, 0.29) is 10.8 Å². The molecule has 4 heteroatoms. The van der Waals surface area contributed by atoms with E-state index in [0.717, 1.165) is 9.52 Å². The summed E-state index contributed by atoms with van der Waals surface area (Å²) in [5, 5.41) is 5.43. The summed E-state index contributed by atoms with van der Waals surface area (Å²) in [5.74, 6) is 0. The standard InChI is InChI=1S/C25H31.C19H19.C2H6Si.2ClH.Zr/c1-5-6-7-8-10-19-17-21-11-9-12-23(24(21)18-19)20-13-15-22(16-14-20)25(2,3)4;1-19(2,3)16-12-10-15(11-13-16)18-9-5-7-14-6-4-8-17(14)18;1-3-2;;;/h9,11-18H,5-8,10H2,1-4H3;4-13H,1-3H3;1-2H3;2*1H;/q2*-1;;;;+4/p-2. The molecule has 262 valence electrons. The molecule has 0 saturated heterocycles. The molecule has 2 radical (unpaired) electrons. The molecule has 0 amide bonds. The van der Waals surface area contributed by atoms with Crippen molar-refractivity contribution >= 4 is 48.1 Å². The first-order valence-corrected chi connectivity index (χ1v) is 26.3. The van der Waals surface area contributed by atoms with Crippen molar-refractivity contribution in [3.8, 4) is 22.3 Å². The topological polar surface area (TPSA) is 0 Å². The van der Waals surface area contributed by atoms with Crippen LogP contribution in [0.25, 0.3) is 43.8 Å². The summed E-state index contributed by atoms with van der Waals surface area (Å²) in [4.78, 5) is 0. The number of rotatable bonds is 7. The third-order valence-corrected chi connectivity index (χ3v) is 8.93. The van der Waals surface area contributed by atoms with Gasteiger partial charge in [0.1, 0.15) is 0 Å². The summed E-state index contributed by atoms with van der Waals surface area (Å²) >= 11 is -0.826. The van der Waals surface area contributed by atoms with Crippen LogP contribution in [-0.2, 0) is 38.1 Å². The Bertz CT molecular complexity index is 1830. The average Bonchev–Trinajstić information content (AvgIpc) is 3.74. The van der Waals surface area contributed by atoms with Gasteiger partial charge in [-0.1, -0.05) is 159 Å². The molecule has 0 aliphatic rings. The maximum absolute atomic E-state index is 4.93. The van der Waals surface area contributed by atoms with Gasteiger partial charge < -0.3 is 0 Å². The van der Waals surface area contributed by atoms with Crippen LogP contribution in [0.15, 0.2) is 115 Å². The fourth-order valence-electron chi connectivity index (χ4n) is 6.16. The van der Waals surface area contributed by atoms with E-state index in [9.17, 15) is 0 Å². The number of fused-ring (bicyclic) bond motifs is 2. The Morgan fingerprint density at radius 1 is 0.620 bits per heavy atom. The van der Waals surface area contributed by atoms with Crippen LogP contribution in [-0.4, -0.2) is 9.52 Å². The first-order valence-electron chi connectivity index (χ1n) is 18.0. The summed E-state index contributed by atoms with van der Waals surface area (Å²) in [7, 11) is 11.0. The van der Waals surface area contributed by atoms with Gasteiger partial charge >= 0.3 is 37.9 Å². The molecule has 0 nitrogen and oxygen atoms in total. The molecule has 6 rings (SSSR count). The fourth-order valence-corrected chi connectivity index (χ4v) is 6.16. The normalized spacial score (nSPS) is 11.1. The third kappa shape index (κ3) is 12.5. The molecule has 0 spiro atoms. The molecule has 50 heavy (non-hydrogen) atoms. The summed E-state index contributed by atoms with van der Waals surface area (Å²) in [6, 6.07) is 42.6. The number of halogens is 2. The quantitative estimate of drug-likeness (QED) is 0.0857. The summed E-state index contributed by atoms with van der Waals surface area (Å²) in [6.07, 6.45) is 6.51. The van der Waals surface area contributed by atoms with E-state index in [1.807, 2.05) is 0 Å². The second kappa shape index (κ2) is 20.7. The minimum atomic E-state index is -0.826. The van der Waals surface area contributed by atoms with Crippen LogP contribution in [0.3, 0.4) is 0 Å². The average molecular weight is 799 g/mol. The van der Waals surface area contributed by atoms with Crippen molar-refractivity contribution in [2.24, 2.45) is 0 Å². The SMILES string of the molecule is CC(C)(C)c1ccc(-c2cccc3[cH-]ccc23)cc1.CCCCCCc1cc2c(-c3ccc(C(C)(C)C)cc3)cccc2[cH-]1.C[Si]C.[Cl][Zr+2][Cl]. The molecule has 6 aromatic rings. The van der Waals surface area contributed by atoms with Gasteiger partial charge in [-0.2, -0.15) is 18.2 Å². The van der Waals surface area contributed by atoms with Crippen molar-refractivity contribution in [1.82, 2.24) is 0 Å². The monoisotopic (exact) mass is 796 g/mol. The molecule has 0 heterocycles. The van der Waals surface area contributed by atoms with Gasteiger partial charge in [-0.15, -0.1) is 63.5 Å². The van der Waals surface area contributed by atoms with Gasteiger partial charge in [-0.3, -0.25) is 0 Å². The van der Waals surface area contributed by atoms with Gasteiger partial charge in [0.2, 0.25) is 0 Å². The van der Waals surface area contributed by atoms with Crippen LogP contribution in [0.2, 0.25) is 13.1 Å². The van der Waals surface area contributed by atoms with Gasteiger partial charge in [0.25, 0.3) is 0 Å². The van der Waals surface area contributed by atoms with Crippen molar-refractivity contribution in [3.05, 3.63) is 132 Å².